The van der Waals surface area contributed by atoms with Gasteiger partial charge in [-0.15, -0.1) is 0 Å². The van der Waals surface area contributed by atoms with E-state index in [1.54, 1.807) is 41.3 Å². The molecule has 32 heavy (non-hydrogen) atoms. The molecule has 7 nitrogen and oxygen atoms in total. The van der Waals surface area contributed by atoms with Gasteiger partial charge in [-0.2, -0.15) is 0 Å². The third-order valence-corrected chi connectivity index (χ3v) is 5.40. The molecular weight excluding hydrogens is 453 g/mol. The predicted molar refractivity (Wildman–Crippen MR) is 127 cm³/mol. The molecule has 2 aromatic rings. The van der Waals surface area contributed by atoms with E-state index in [1.165, 1.54) is 0 Å². The smallest absolute Gasteiger partial charge is 0.265 e. The Hall–Kier alpha value is -2.48. The largest absolute Gasteiger partial charge is 0.492 e. The molecule has 0 radical (unpaired) electrons. The number of nitrogens with zero attached hydrogens (tertiary/aromatic N) is 2. The number of fused-ring (bicyclic) bond motifs is 1. The standard InChI is InChI=1S/C23H27Cl2N3O4/c1-27(2)10-4-11-28-19-14-17(7-9-21(19)32-15-23(28)30)26-22(29)5-3-12-31-20-8-6-16(24)13-18(20)25/h6-9,13-14H,3-5,10-12,15H2,1-2H3,(H,26,29). The van der Waals surface area contributed by atoms with Crippen LogP contribution < -0.4 is 19.7 Å². The van der Waals surface area contributed by atoms with Gasteiger partial charge in [-0.25, -0.2) is 0 Å². The van der Waals surface area contributed by atoms with Gasteiger partial charge in [0, 0.05) is 23.7 Å². The lowest BCUT2D eigenvalue weighted by molar-refractivity contribution is -0.121. The molecule has 0 aliphatic carbocycles. The number of rotatable bonds is 10. The van der Waals surface area contributed by atoms with Gasteiger partial charge in [0.05, 0.1) is 17.3 Å². The van der Waals surface area contributed by atoms with Crippen LogP contribution in [0.3, 0.4) is 0 Å². The molecule has 1 heterocycles. The molecule has 0 aromatic heterocycles. The summed E-state index contributed by atoms with van der Waals surface area (Å²) in [6.45, 7) is 1.84. The minimum Gasteiger partial charge on any atom is -0.492 e. The van der Waals surface area contributed by atoms with Crippen LogP contribution >= 0.6 is 23.2 Å². The van der Waals surface area contributed by atoms with Crippen molar-refractivity contribution in [3.63, 3.8) is 0 Å². The zero-order valence-electron chi connectivity index (χ0n) is 18.2. The van der Waals surface area contributed by atoms with E-state index >= 15 is 0 Å². The van der Waals surface area contributed by atoms with E-state index in [0.29, 0.717) is 52.5 Å². The average Bonchev–Trinajstić information content (AvgIpc) is 2.74. The third-order valence-electron chi connectivity index (χ3n) is 4.87. The summed E-state index contributed by atoms with van der Waals surface area (Å²) in [4.78, 5) is 28.5. The molecule has 0 bridgehead atoms. The summed E-state index contributed by atoms with van der Waals surface area (Å²) in [7, 11) is 4.00. The minimum absolute atomic E-state index is 0.0261. The van der Waals surface area contributed by atoms with Gasteiger partial charge in [0.15, 0.2) is 6.61 Å². The van der Waals surface area contributed by atoms with Gasteiger partial charge in [-0.3, -0.25) is 9.59 Å². The highest BCUT2D eigenvalue weighted by molar-refractivity contribution is 6.35. The van der Waals surface area contributed by atoms with Gasteiger partial charge in [0.1, 0.15) is 11.5 Å². The Morgan fingerprint density at radius 1 is 1.19 bits per heavy atom. The van der Waals surface area contributed by atoms with Crippen LogP contribution in [0.1, 0.15) is 19.3 Å². The Bertz CT molecular complexity index is 968. The molecule has 172 valence electrons. The SMILES string of the molecule is CN(C)CCCN1C(=O)COc2ccc(NC(=O)CCCOc3ccc(Cl)cc3Cl)cc21. The van der Waals surface area contributed by atoms with Crippen LogP contribution in [-0.4, -0.2) is 57.1 Å². The molecule has 2 aromatic carbocycles. The maximum atomic E-state index is 12.4. The summed E-state index contributed by atoms with van der Waals surface area (Å²) in [5.74, 6) is 0.946. The Balaban J connectivity index is 1.52. The van der Waals surface area contributed by atoms with E-state index in [0.717, 1.165) is 13.0 Å². The topological polar surface area (TPSA) is 71.1 Å². The molecule has 0 unspecified atom stereocenters. The average molecular weight is 480 g/mol. The molecule has 1 aliphatic rings. The van der Waals surface area contributed by atoms with Crippen molar-refractivity contribution in [2.45, 2.75) is 19.3 Å². The number of nitrogens with one attached hydrogen (secondary N) is 1. The van der Waals surface area contributed by atoms with Gasteiger partial charge in [0.25, 0.3) is 5.91 Å². The highest BCUT2D eigenvalue weighted by Gasteiger charge is 2.25. The highest BCUT2D eigenvalue weighted by atomic mass is 35.5. The molecule has 1 N–H and O–H groups in total. The number of hydrogen-bond donors (Lipinski definition) is 1. The maximum absolute atomic E-state index is 12.4. The molecule has 0 saturated carbocycles. The maximum Gasteiger partial charge on any atom is 0.265 e. The van der Waals surface area contributed by atoms with Crippen molar-refractivity contribution >= 4 is 46.4 Å². The van der Waals surface area contributed by atoms with Crippen LogP contribution in [0.15, 0.2) is 36.4 Å². The van der Waals surface area contributed by atoms with E-state index in [2.05, 4.69) is 10.2 Å². The number of halogens is 2. The van der Waals surface area contributed by atoms with Crippen LogP contribution in [0.4, 0.5) is 11.4 Å². The molecule has 1 aliphatic heterocycles. The first-order chi connectivity index (χ1) is 15.3. The van der Waals surface area contributed by atoms with Crippen molar-refractivity contribution in [1.82, 2.24) is 4.90 Å². The number of hydrogen-bond acceptors (Lipinski definition) is 5. The number of ether oxygens (including phenoxy) is 2. The highest BCUT2D eigenvalue weighted by Crippen LogP contribution is 2.35. The van der Waals surface area contributed by atoms with Gasteiger partial charge >= 0.3 is 0 Å². The number of amides is 2. The number of anilines is 2. The van der Waals surface area contributed by atoms with Gasteiger partial charge in [-0.1, -0.05) is 23.2 Å². The van der Waals surface area contributed by atoms with E-state index in [4.69, 9.17) is 32.7 Å². The van der Waals surface area contributed by atoms with Crippen LogP contribution in [0.2, 0.25) is 10.0 Å². The summed E-state index contributed by atoms with van der Waals surface area (Å²) < 4.78 is 11.2. The molecule has 0 spiro atoms. The van der Waals surface area contributed by atoms with E-state index in [1.807, 2.05) is 14.1 Å². The zero-order chi connectivity index (χ0) is 23.1. The van der Waals surface area contributed by atoms with Crippen molar-refractivity contribution in [3.05, 3.63) is 46.4 Å². The number of carbonyl (C=O) groups excluding carboxylic acids is 2. The van der Waals surface area contributed by atoms with E-state index < -0.39 is 0 Å². The first kappa shape index (κ1) is 24.2. The van der Waals surface area contributed by atoms with Gasteiger partial charge in [-0.05, 0) is 69.9 Å². The first-order valence-corrected chi connectivity index (χ1v) is 11.2. The Labute approximate surface area is 198 Å². The van der Waals surface area contributed by atoms with E-state index in [9.17, 15) is 9.59 Å². The monoisotopic (exact) mass is 479 g/mol. The predicted octanol–water partition coefficient (Wildman–Crippen LogP) is 4.47. The molecule has 9 heteroatoms. The van der Waals surface area contributed by atoms with Gasteiger partial charge in [0.2, 0.25) is 5.91 Å². The second-order valence-corrected chi connectivity index (χ2v) is 8.59. The number of carbonyl (C=O) groups is 2. The second kappa shape index (κ2) is 11.4. The first-order valence-electron chi connectivity index (χ1n) is 10.4. The third kappa shape index (κ3) is 6.76. The lowest BCUT2D eigenvalue weighted by Gasteiger charge is -2.30. The van der Waals surface area contributed by atoms with Crippen LogP contribution in [0, 0.1) is 0 Å². The molecule has 0 fully saturated rings. The summed E-state index contributed by atoms with van der Waals surface area (Å²) in [5, 5.41) is 3.85. The fourth-order valence-electron chi connectivity index (χ4n) is 3.30. The Kier molecular flexibility index (Phi) is 8.61. The minimum atomic E-state index is -0.141. The second-order valence-electron chi connectivity index (χ2n) is 7.75. The Morgan fingerprint density at radius 3 is 2.75 bits per heavy atom. The van der Waals surface area contributed by atoms with Crippen molar-refractivity contribution in [2.24, 2.45) is 0 Å². The fourth-order valence-corrected chi connectivity index (χ4v) is 3.76. The van der Waals surface area contributed by atoms with Crippen molar-refractivity contribution < 1.29 is 19.1 Å². The summed E-state index contributed by atoms with van der Waals surface area (Å²) in [6.07, 6.45) is 1.64. The normalized spacial score (nSPS) is 13.0. The van der Waals surface area contributed by atoms with Crippen LogP contribution in [0.25, 0.3) is 0 Å². The molecule has 0 atom stereocenters. The van der Waals surface area contributed by atoms with Crippen molar-refractivity contribution in [3.8, 4) is 11.5 Å². The summed E-state index contributed by atoms with van der Waals surface area (Å²) >= 11 is 11.9. The molecule has 0 saturated heterocycles. The summed E-state index contributed by atoms with van der Waals surface area (Å²) in [6, 6.07) is 10.3. The van der Waals surface area contributed by atoms with Crippen molar-refractivity contribution in [1.29, 1.82) is 0 Å². The quantitative estimate of drug-likeness (QED) is 0.509. The fraction of sp³-hybridized carbons (Fsp3) is 0.391. The lowest BCUT2D eigenvalue weighted by Crippen LogP contribution is -2.40. The van der Waals surface area contributed by atoms with Crippen molar-refractivity contribution in [2.75, 3.05) is 50.6 Å². The van der Waals surface area contributed by atoms with E-state index in [-0.39, 0.29) is 24.8 Å². The molecule has 3 rings (SSSR count). The Morgan fingerprint density at radius 2 is 2.00 bits per heavy atom. The van der Waals surface area contributed by atoms with Crippen LogP contribution in [0.5, 0.6) is 11.5 Å². The van der Waals surface area contributed by atoms with Gasteiger partial charge < -0.3 is 24.6 Å². The lowest BCUT2D eigenvalue weighted by atomic mass is 10.2. The summed E-state index contributed by atoms with van der Waals surface area (Å²) in [5.41, 5.74) is 1.30. The zero-order valence-corrected chi connectivity index (χ0v) is 19.7. The molecular formula is C23H27Cl2N3O4. The van der Waals surface area contributed by atoms with Crippen LogP contribution in [-0.2, 0) is 9.59 Å². The number of benzene rings is 2. The molecule has 2 amide bonds.